The predicted octanol–water partition coefficient (Wildman–Crippen LogP) is 2.80. The van der Waals surface area contributed by atoms with Crippen LogP contribution in [0.1, 0.15) is 28.4 Å². The highest BCUT2D eigenvalue weighted by atomic mass is 35.5. The molecule has 3 rings (SSSR count). The SMILES string of the molecule is CCN1CCN(Cc2ccc(CNC(=O)c3ccc(Cl)nc3)cc2)CC1. The topological polar surface area (TPSA) is 48.5 Å². The molecule has 0 bridgehead atoms. The molecule has 0 spiro atoms. The van der Waals surface area contributed by atoms with Crippen LogP contribution < -0.4 is 5.32 Å². The first-order valence-electron chi connectivity index (χ1n) is 9.06. The van der Waals surface area contributed by atoms with E-state index in [1.54, 1.807) is 12.1 Å². The number of rotatable bonds is 6. The zero-order valence-corrected chi connectivity index (χ0v) is 15.9. The van der Waals surface area contributed by atoms with Crippen molar-refractivity contribution in [3.63, 3.8) is 0 Å². The number of pyridine rings is 1. The van der Waals surface area contributed by atoms with Gasteiger partial charge in [-0.25, -0.2) is 4.98 Å². The smallest absolute Gasteiger partial charge is 0.253 e. The van der Waals surface area contributed by atoms with Crippen LogP contribution in [0.3, 0.4) is 0 Å². The Morgan fingerprint density at radius 2 is 1.69 bits per heavy atom. The molecule has 0 saturated carbocycles. The number of nitrogens with one attached hydrogen (secondary N) is 1. The van der Waals surface area contributed by atoms with E-state index in [0.29, 0.717) is 17.3 Å². The number of carbonyl (C=O) groups excluding carboxylic acids is 1. The van der Waals surface area contributed by atoms with Crippen molar-refractivity contribution in [3.8, 4) is 0 Å². The fourth-order valence-corrected chi connectivity index (χ4v) is 3.19. The Kier molecular flexibility index (Phi) is 6.61. The summed E-state index contributed by atoms with van der Waals surface area (Å²) in [7, 11) is 0. The number of halogens is 1. The van der Waals surface area contributed by atoms with Gasteiger partial charge in [-0.2, -0.15) is 0 Å². The van der Waals surface area contributed by atoms with Crippen LogP contribution >= 0.6 is 11.6 Å². The van der Waals surface area contributed by atoms with Gasteiger partial charge in [0, 0.05) is 45.5 Å². The van der Waals surface area contributed by atoms with Gasteiger partial charge < -0.3 is 10.2 Å². The molecule has 0 unspecified atom stereocenters. The molecule has 0 radical (unpaired) electrons. The lowest BCUT2D eigenvalue weighted by atomic mass is 10.1. The van der Waals surface area contributed by atoms with Crippen LogP contribution in [0.2, 0.25) is 5.15 Å². The molecular formula is C20H25ClN4O. The van der Waals surface area contributed by atoms with Crippen LogP contribution in [0.4, 0.5) is 0 Å². The van der Waals surface area contributed by atoms with Crippen LogP contribution in [-0.4, -0.2) is 53.4 Å². The molecular weight excluding hydrogens is 348 g/mol. The summed E-state index contributed by atoms with van der Waals surface area (Å²) >= 11 is 5.74. The lowest BCUT2D eigenvalue weighted by Crippen LogP contribution is -2.45. The zero-order chi connectivity index (χ0) is 18.4. The van der Waals surface area contributed by atoms with E-state index in [2.05, 4.69) is 51.3 Å². The van der Waals surface area contributed by atoms with Crippen molar-refractivity contribution in [3.05, 3.63) is 64.4 Å². The molecule has 26 heavy (non-hydrogen) atoms. The highest BCUT2D eigenvalue weighted by Crippen LogP contribution is 2.11. The number of nitrogens with zero attached hydrogens (tertiary/aromatic N) is 3. The molecule has 1 aromatic carbocycles. The van der Waals surface area contributed by atoms with E-state index < -0.39 is 0 Å². The van der Waals surface area contributed by atoms with Gasteiger partial charge in [0.05, 0.1) is 5.56 Å². The van der Waals surface area contributed by atoms with Crippen molar-refractivity contribution in [2.45, 2.75) is 20.0 Å². The first kappa shape index (κ1) is 18.8. The lowest BCUT2D eigenvalue weighted by Gasteiger charge is -2.34. The zero-order valence-electron chi connectivity index (χ0n) is 15.1. The standard InChI is InChI=1S/C20H25ClN4O/c1-2-24-9-11-25(12-10-24)15-17-5-3-16(4-6-17)13-23-20(26)18-7-8-19(21)22-14-18/h3-8,14H,2,9-13,15H2,1H3,(H,23,26). The van der Waals surface area contributed by atoms with Gasteiger partial charge in [0.1, 0.15) is 5.15 Å². The third kappa shape index (κ3) is 5.27. The Balaban J connectivity index is 1.47. The number of benzene rings is 1. The highest BCUT2D eigenvalue weighted by molar-refractivity contribution is 6.29. The number of aromatic nitrogens is 1. The first-order valence-corrected chi connectivity index (χ1v) is 9.44. The average molecular weight is 373 g/mol. The van der Waals surface area contributed by atoms with E-state index in [9.17, 15) is 4.79 Å². The van der Waals surface area contributed by atoms with E-state index in [4.69, 9.17) is 11.6 Å². The number of amides is 1. The monoisotopic (exact) mass is 372 g/mol. The Morgan fingerprint density at radius 3 is 2.31 bits per heavy atom. The fraction of sp³-hybridized carbons (Fsp3) is 0.400. The van der Waals surface area contributed by atoms with Crippen molar-refractivity contribution >= 4 is 17.5 Å². The molecule has 138 valence electrons. The summed E-state index contributed by atoms with van der Waals surface area (Å²) in [5, 5.41) is 3.29. The van der Waals surface area contributed by atoms with E-state index in [1.807, 2.05) is 0 Å². The molecule has 1 N–H and O–H groups in total. The maximum atomic E-state index is 12.1. The summed E-state index contributed by atoms with van der Waals surface area (Å²) in [4.78, 5) is 21.0. The van der Waals surface area contributed by atoms with Gasteiger partial charge in [0.25, 0.3) is 5.91 Å². The molecule has 1 fully saturated rings. The number of carbonyl (C=O) groups is 1. The number of piperazine rings is 1. The number of likely N-dealkylation sites (N-methyl/N-ethyl adjacent to an activating group) is 1. The Labute approximate surface area is 160 Å². The molecule has 6 heteroatoms. The van der Waals surface area contributed by atoms with E-state index in [0.717, 1.165) is 44.8 Å². The van der Waals surface area contributed by atoms with Crippen LogP contribution in [0.5, 0.6) is 0 Å². The van der Waals surface area contributed by atoms with Crippen molar-refractivity contribution in [2.24, 2.45) is 0 Å². The summed E-state index contributed by atoms with van der Waals surface area (Å²) in [6.45, 7) is 9.40. The lowest BCUT2D eigenvalue weighted by molar-refractivity contribution is 0.0950. The molecule has 0 atom stereocenters. The molecule has 1 aliphatic rings. The summed E-state index contributed by atoms with van der Waals surface area (Å²) in [5.74, 6) is -0.146. The van der Waals surface area contributed by atoms with Crippen LogP contribution in [0, 0.1) is 0 Å². The Bertz CT molecular complexity index is 710. The van der Waals surface area contributed by atoms with E-state index in [1.165, 1.54) is 11.8 Å². The largest absolute Gasteiger partial charge is 0.348 e. The van der Waals surface area contributed by atoms with E-state index in [-0.39, 0.29) is 5.91 Å². The number of hydrogen-bond acceptors (Lipinski definition) is 4. The van der Waals surface area contributed by atoms with Crippen molar-refractivity contribution < 1.29 is 4.79 Å². The Morgan fingerprint density at radius 1 is 1.04 bits per heavy atom. The van der Waals surface area contributed by atoms with Crippen LogP contribution in [0.15, 0.2) is 42.6 Å². The van der Waals surface area contributed by atoms with E-state index >= 15 is 0 Å². The summed E-state index contributed by atoms with van der Waals surface area (Å²) < 4.78 is 0. The Hall–Kier alpha value is -1.95. The molecule has 1 aromatic heterocycles. The molecule has 0 aliphatic carbocycles. The van der Waals surface area contributed by atoms with Gasteiger partial charge >= 0.3 is 0 Å². The molecule has 1 saturated heterocycles. The quantitative estimate of drug-likeness (QED) is 0.792. The van der Waals surface area contributed by atoms with Crippen molar-refractivity contribution in [1.82, 2.24) is 20.1 Å². The second-order valence-corrected chi connectivity index (χ2v) is 6.97. The summed E-state index contributed by atoms with van der Waals surface area (Å²) in [6, 6.07) is 11.8. The second-order valence-electron chi connectivity index (χ2n) is 6.58. The minimum Gasteiger partial charge on any atom is -0.348 e. The van der Waals surface area contributed by atoms with Gasteiger partial charge in [-0.1, -0.05) is 42.8 Å². The van der Waals surface area contributed by atoms with Crippen LogP contribution in [-0.2, 0) is 13.1 Å². The average Bonchev–Trinajstić information content (AvgIpc) is 2.68. The summed E-state index contributed by atoms with van der Waals surface area (Å²) in [6.07, 6.45) is 1.49. The minimum absolute atomic E-state index is 0.146. The molecule has 1 aliphatic heterocycles. The summed E-state index contributed by atoms with van der Waals surface area (Å²) in [5.41, 5.74) is 2.91. The van der Waals surface area contributed by atoms with Crippen molar-refractivity contribution in [2.75, 3.05) is 32.7 Å². The van der Waals surface area contributed by atoms with Crippen LogP contribution in [0.25, 0.3) is 0 Å². The van der Waals surface area contributed by atoms with Crippen molar-refractivity contribution in [1.29, 1.82) is 0 Å². The third-order valence-electron chi connectivity index (χ3n) is 4.78. The molecule has 5 nitrogen and oxygen atoms in total. The normalized spacial score (nSPS) is 15.8. The van der Waals surface area contributed by atoms with Gasteiger partial charge in [-0.05, 0) is 29.8 Å². The third-order valence-corrected chi connectivity index (χ3v) is 5.01. The molecule has 1 amide bonds. The van der Waals surface area contributed by atoms with Gasteiger partial charge in [-0.15, -0.1) is 0 Å². The van der Waals surface area contributed by atoms with Gasteiger partial charge in [0.15, 0.2) is 0 Å². The molecule has 2 aromatic rings. The maximum Gasteiger partial charge on any atom is 0.253 e. The van der Waals surface area contributed by atoms with Gasteiger partial charge in [-0.3, -0.25) is 9.69 Å². The fourth-order valence-electron chi connectivity index (χ4n) is 3.08. The number of hydrogen-bond donors (Lipinski definition) is 1. The maximum absolute atomic E-state index is 12.1. The second kappa shape index (κ2) is 9.12. The van der Waals surface area contributed by atoms with Gasteiger partial charge in [0.2, 0.25) is 0 Å². The molecule has 2 heterocycles. The predicted molar refractivity (Wildman–Crippen MR) is 104 cm³/mol. The highest BCUT2D eigenvalue weighted by Gasteiger charge is 2.15. The minimum atomic E-state index is -0.146. The first-order chi connectivity index (χ1) is 12.6.